The van der Waals surface area contributed by atoms with Gasteiger partial charge < -0.3 is 5.32 Å². The van der Waals surface area contributed by atoms with Crippen LogP contribution in [0.5, 0.6) is 0 Å². The van der Waals surface area contributed by atoms with Gasteiger partial charge in [-0.2, -0.15) is 0 Å². The Morgan fingerprint density at radius 2 is 2.21 bits per heavy atom. The summed E-state index contributed by atoms with van der Waals surface area (Å²) >= 11 is 0. The van der Waals surface area contributed by atoms with Gasteiger partial charge in [0.2, 0.25) is 0 Å². The number of hydrogen-bond acceptors (Lipinski definition) is 2. The molecule has 0 aromatic rings. The van der Waals surface area contributed by atoms with Crippen LogP contribution in [0.2, 0.25) is 0 Å². The maximum Gasteiger partial charge on any atom is 0.0372 e. The lowest BCUT2D eigenvalue weighted by molar-refractivity contribution is 0.606. The fourth-order valence-corrected chi connectivity index (χ4v) is 1.69. The second-order valence-corrected chi connectivity index (χ2v) is 3.36. The van der Waals surface area contributed by atoms with E-state index in [0.29, 0.717) is 5.92 Å². The molecule has 2 heterocycles. The summed E-state index contributed by atoms with van der Waals surface area (Å²) in [6.45, 7) is 8.19. The molecule has 1 fully saturated rings. The fourth-order valence-electron chi connectivity index (χ4n) is 1.69. The van der Waals surface area contributed by atoms with Crippen LogP contribution in [0, 0.1) is 5.92 Å². The summed E-state index contributed by atoms with van der Waals surface area (Å²) in [6, 6.07) is 0. The lowest BCUT2D eigenvalue weighted by Crippen LogP contribution is -2.35. The first kappa shape index (κ1) is 11.2. The lowest BCUT2D eigenvalue weighted by Gasteiger charge is -2.21. The minimum absolute atomic E-state index is 0.535. The Morgan fingerprint density at radius 1 is 1.43 bits per heavy atom. The van der Waals surface area contributed by atoms with Crippen molar-refractivity contribution in [3.63, 3.8) is 0 Å². The smallest absolute Gasteiger partial charge is 0.0372 e. The Morgan fingerprint density at radius 3 is 3.00 bits per heavy atom. The van der Waals surface area contributed by atoms with Gasteiger partial charge in [-0.15, -0.1) is 0 Å². The Kier molecular flexibility index (Phi) is 4.60. The molecule has 0 amide bonds. The predicted molar refractivity (Wildman–Crippen MR) is 62.7 cm³/mol. The van der Waals surface area contributed by atoms with E-state index in [4.69, 9.17) is 0 Å². The van der Waals surface area contributed by atoms with Crippen LogP contribution in [0.4, 0.5) is 0 Å². The summed E-state index contributed by atoms with van der Waals surface area (Å²) in [6.07, 6.45) is 7.52. The van der Waals surface area contributed by atoms with Gasteiger partial charge in [0.15, 0.2) is 0 Å². The monoisotopic (exact) mass is 192 g/mol. The van der Waals surface area contributed by atoms with Crippen molar-refractivity contribution in [2.45, 2.75) is 27.2 Å². The summed E-state index contributed by atoms with van der Waals surface area (Å²) in [5.41, 5.74) is 2.47. The van der Waals surface area contributed by atoms with Crippen LogP contribution in [0.3, 0.4) is 0 Å². The van der Waals surface area contributed by atoms with E-state index in [2.05, 4.69) is 35.5 Å². The number of aliphatic imine (C=N–C) groups is 1. The quantitative estimate of drug-likeness (QED) is 0.626. The number of nitrogens with one attached hydrogen (secondary N) is 1. The molecule has 2 heteroatoms. The van der Waals surface area contributed by atoms with Crippen molar-refractivity contribution in [1.82, 2.24) is 5.32 Å². The van der Waals surface area contributed by atoms with Crippen LogP contribution < -0.4 is 5.32 Å². The molecule has 2 aliphatic heterocycles. The molecule has 2 rings (SSSR count). The Labute approximate surface area is 86.8 Å². The molecule has 0 saturated carbocycles. The number of rotatable bonds is 0. The highest BCUT2D eigenvalue weighted by Crippen LogP contribution is 2.15. The predicted octanol–water partition coefficient (Wildman–Crippen LogP) is 2.54. The van der Waals surface area contributed by atoms with E-state index in [1.54, 1.807) is 0 Å². The highest BCUT2D eigenvalue weighted by Gasteiger charge is 2.17. The summed E-state index contributed by atoms with van der Waals surface area (Å²) in [7, 11) is 0. The van der Waals surface area contributed by atoms with Gasteiger partial charge in [0.05, 0.1) is 0 Å². The molecule has 0 spiro atoms. The van der Waals surface area contributed by atoms with E-state index in [-0.39, 0.29) is 0 Å². The minimum atomic E-state index is 0.535. The van der Waals surface area contributed by atoms with Crippen LogP contribution in [0.1, 0.15) is 27.2 Å². The largest absolute Gasteiger partial charge is 0.315 e. The van der Waals surface area contributed by atoms with Crippen LogP contribution in [-0.2, 0) is 0 Å². The first-order chi connectivity index (χ1) is 6.86. The molecular weight excluding hydrogens is 172 g/mol. The minimum Gasteiger partial charge on any atom is -0.315 e. The molecule has 1 atom stereocenters. The summed E-state index contributed by atoms with van der Waals surface area (Å²) in [4.78, 5) is 4.57. The summed E-state index contributed by atoms with van der Waals surface area (Å²) < 4.78 is 0. The maximum absolute atomic E-state index is 4.57. The average molecular weight is 192 g/mol. The molecule has 2 aliphatic rings. The number of piperidine rings is 1. The molecule has 1 unspecified atom stereocenters. The van der Waals surface area contributed by atoms with Crippen molar-refractivity contribution < 1.29 is 0 Å². The Balaban J connectivity index is 0.000000461. The number of allylic oxidation sites excluding steroid dienone is 3. The molecule has 0 radical (unpaired) electrons. The van der Waals surface area contributed by atoms with Crippen molar-refractivity contribution in [3.8, 4) is 0 Å². The zero-order chi connectivity index (χ0) is 10.4. The van der Waals surface area contributed by atoms with Crippen molar-refractivity contribution in [3.05, 3.63) is 23.9 Å². The molecule has 0 aromatic heterocycles. The summed E-state index contributed by atoms with van der Waals surface area (Å²) in [5.74, 6) is 0.535. The van der Waals surface area contributed by atoms with E-state index >= 15 is 0 Å². The van der Waals surface area contributed by atoms with Gasteiger partial charge in [0, 0.05) is 30.4 Å². The third-order valence-electron chi connectivity index (χ3n) is 2.35. The molecule has 0 aromatic carbocycles. The van der Waals surface area contributed by atoms with Crippen LogP contribution in [0.25, 0.3) is 0 Å². The zero-order valence-electron chi connectivity index (χ0n) is 9.38. The first-order valence-corrected chi connectivity index (χ1v) is 5.49. The van der Waals surface area contributed by atoms with E-state index < -0.39 is 0 Å². The van der Waals surface area contributed by atoms with Crippen LogP contribution >= 0.6 is 0 Å². The Hall–Kier alpha value is -0.890. The number of fused-ring (bicyclic) bond motifs is 1. The van der Waals surface area contributed by atoms with Crippen molar-refractivity contribution in [1.29, 1.82) is 0 Å². The molecule has 0 bridgehead atoms. The van der Waals surface area contributed by atoms with Crippen LogP contribution in [-0.4, -0.2) is 18.8 Å². The second-order valence-electron chi connectivity index (χ2n) is 3.36. The SMILES string of the molecule is CC.CC1=CC=CC2CNCCC2=N1. The zero-order valence-corrected chi connectivity index (χ0v) is 9.38. The second kappa shape index (κ2) is 5.76. The summed E-state index contributed by atoms with van der Waals surface area (Å²) in [5, 5.41) is 3.37. The highest BCUT2D eigenvalue weighted by molar-refractivity contribution is 5.90. The molecule has 78 valence electrons. The third-order valence-corrected chi connectivity index (χ3v) is 2.35. The molecule has 1 saturated heterocycles. The van der Waals surface area contributed by atoms with Crippen molar-refractivity contribution in [2.24, 2.45) is 10.9 Å². The van der Waals surface area contributed by atoms with E-state index in [1.807, 2.05) is 13.8 Å². The van der Waals surface area contributed by atoms with Gasteiger partial charge >= 0.3 is 0 Å². The molecule has 1 N–H and O–H groups in total. The molecule has 2 nitrogen and oxygen atoms in total. The van der Waals surface area contributed by atoms with E-state index in [0.717, 1.165) is 25.2 Å². The molecule has 14 heavy (non-hydrogen) atoms. The van der Waals surface area contributed by atoms with Gasteiger partial charge in [-0.05, 0) is 19.4 Å². The third kappa shape index (κ3) is 2.81. The average Bonchev–Trinajstić information content (AvgIpc) is 2.41. The maximum atomic E-state index is 4.57. The normalized spacial score (nSPS) is 24.9. The van der Waals surface area contributed by atoms with Gasteiger partial charge in [-0.25, -0.2) is 0 Å². The van der Waals surface area contributed by atoms with Gasteiger partial charge in [0.25, 0.3) is 0 Å². The molecule has 0 aliphatic carbocycles. The van der Waals surface area contributed by atoms with Crippen molar-refractivity contribution >= 4 is 5.71 Å². The standard InChI is InChI=1S/C10H14N2.C2H6/c1-8-3-2-4-9-7-11-6-5-10(9)12-8;1-2/h2-4,9,11H,5-7H2,1H3;1-2H3. The van der Waals surface area contributed by atoms with Crippen LogP contribution in [0.15, 0.2) is 28.9 Å². The highest BCUT2D eigenvalue weighted by atomic mass is 14.9. The topological polar surface area (TPSA) is 24.4 Å². The van der Waals surface area contributed by atoms with Gasteiger partial charge in [0.1, 0.15) is 0 Å². The fraction of sp³-hybridized carbons (Fsp3) is 0.583. The van der Waals surface area contributed by atoms with E-state index in [1.165, 1.54) is 5.71 Å². The van der Waals surface area contributed by atoms with Crippen molar-refractivity contribution in [2.75, 3.05) is 13.1 Å². The van der Waals surface area contributed by atoms with Gasteiger partial charge in [-0.3, -0.25) is 4.99 Å². The molecular formula is C12H20N2. The van der Waals surface area contributed by atoms with E-state index in [9.17, 15) is 0 Å². The number of hydrogen-bond donors (Lipinski definition) is 1. The number of nitrogens with zero attached hydrogens (tertiary/aromatic N) is 1. The first-order valence-electron chi connectivity index (χ1n) is 5.49. The lowest BCUT2D eigenvalue weighted by atomic mass is 9.97. The van der Waals surface area contributed by atoms with Gasteiger partial charge in [-0.1, -0.05) is 26.0 Å². The Bertz CT molecular complexity index is 261.